The molecule has 0 aromatic heterocycles. The van der Waals surface area contributed by atoms with Crippen LogP contribution < -0.4 is 11.5 Å². The summed E-state index contributed by atoms with van der Waals surface area (Å²) in [5.74, 6) is -0.891. The van der Waals surface area contributed by atoms with Crippen molar-refractivity contribution in [3.63, 3.8) is 0 Å². The number of nitro benzene ring substituents is 2. The summed E-state index contributed by atoms with van der Waals surface area (Å²) < 4.78 is 0. The topological polar surface area (TPSA) is 179 Å². The summed E-state index contributed by atoms with van der Waals surface area (Å²) >= 11 is 10.9. The van der Waals surface area contributed by atoms with Crippen molar-refractivity contribution >= 4 is 189 Å². The molecular formula is C13H14B20Cl2N4O6. The van der Waals surface area contributed by atoms with Crippen LogP contribution in [-0.2, 0) is 0 Å². The highest BCUT2D eigenvalue weighted by molar-refractivity contribution is 8.19. The second-order valence-corrected chi connectivity index (χ2v) is 10.3. The van der Waals surface area contributed by atoms with Gasteiger partial charge in [-0.05, 0) is 12.1 Å². The van der Waals surface area contributed by atoms with E-state index in [4.69, 9.17) is 130 Å². The van der Waals surface area contributed by atoms with Gasteiger partial charge >= 0.3 is 5.69 Å². The van der Waals surface area contributed by atoms with Crippen LogP contribution >= 0.6 is 23.2 Å². The lowest BCUT2D eigenvalue weighted by Gasteiger charge is -2.42. The molecule has 0 heterocycles. The molecule has 10 nitrogen and oxygen atoms in total. The fraction of sp³-hybridized carbons (Fsp3) is 0.0769. The molecule has 0 fully saturated rings. The average Bonchev–Trinajstić information content (AvgIpc) is 2.87. The predicted octanol–water partition coefficient (Wildman–Crippen LogP) is -3.91. The molecule has 45 heavy (non-hydrogen) atoms. The van der Waals surface area contributed by atoms with Crippen molar-refractivity contribution in [2.75, 3.05) is 11.5 Å². The predicted molar refractivity (Wildman–Crippen MR) is 210 cm³/mol. The van der Waals surface area contributed by atoms with Gasteiger partial charge in [0.05, 0.1) is 31.6 Å². The summed E-state index contributed by atoms with van der Waals surface area (Å²) in [6.45, 7) is 0. The van der Waals surface area contributed by atoms with Gasteiger partial charge in [-0.25, -0.2) is 0 Å². The van der Waals surface area contributed by atoms with Crippen molar-refractivity contribution < 1.29 is 20.1 Å². The molecule has 0 aliphatic heterocycles. The Morgan fingerprint density at radius 2 is 1.02 bits per heavy atom. The molecule has 2 aromatic rings. The summed E-state index contributed by atoms with van der Waals surface area (Å²) in [4.78, 5) is 18.8. The Morgan fingerprint density at radius 3 is 1.33 bits per heavy atom. The van der Waals surface area contributed by atoms with Crippen LogP contribution in [0.3, 0.4) is 0 Å². The van der Waals surface area contributed by atoms with E-state index >= 15 is 0 Å². The number of nitrogens with zero attached hydrogens (tertiary/aromatic N) is 2. The van der Waals surface area contributed by atoms with E-state index in [1.54, 1.807) is 0 Å². The number of benzene rings is 2. The number of nitrogen functional groups attached to an aromatic ring is 2. The summed E-state index contributed by atoms with van der Waals surface area (Å²) in [5.41, 5.74) is 9.97. The Bertz CT molecular complexity index is 1210. The van der Waals surface area contributed by atoms with E-state index in [-0.39, 0.29) is 23.9 Å². The third-order valence-electron chi connectivity index (χ3n) is 6.11. The SMILES string of the molecule is C.Nc1cc(N)c(O)c(Cl)c1.O=[N+]([O-])c1cc(Cl)c(O)c([N+](=O)[O-])c1.[B]B([B])B([B])B(B(B([B])[B])B([B])[B])B(B([B])[B])B([B])[B]. The van der Waals surface area contributed by atoms with Crippen LogP contribution in [0.15, 0.2) is 24.3 Å². The molecule has 0 aliphatic carbocycles. The van der Waals surface area contributed by atoms with Crippen molar-refractivity contribution in [2.24, 2.45) is 0 Å². The summed E-state index contributed by atoms with van der Waals surface area (Å²) in [7, 11) is 63.2. The number of halogens is 2. The number of nitro groups is 2. The van der Waals surface area contributed by atoms with Crippen LogP contribution in [0.25, 0.3) is 0 Å². The molecule has 0 saturated carbocycles. The third-order valence-corrected chi connectivity index (χ3v) is 6.68. The highest BCUT2D eigenvalue weighted by Crippen LogP contribution is 2.37. The third kappa shape index (κ3) is 13.9. The molecule has 22 radical (unpaired) electrons. The standard InChI is InChI=1S/C6H3ClN2O5.C6H7ClN2O.CH4.B20/c7-4-1-3(8(11)12)2-5(6(4)10)9(13)14;7-4-1-3(8)2-5(9)6(4)10;;1-12(2)17(11)20(18(13(3)4)14(5)6)19(15(7)8)16(9)10/h1-2,10H;1-2,10H,8-9H2;1H4;. The number of non-ortho nitro benzene ring substituents is 1. The van der Waals surface area contributed by atoms with Gasteiger partial charge in [0.2, 0.25) is 5.75 Å². The minimum Gasteiger partial charge on any atom is -0.504 e. The second kappa shape index (κ2) is 20.5. The lowest BCUT2D eigenvalue weighted by molar-refractivity contribution is -0.394. The van der Waals surface area contributed by atoms with E-state index in [0.717, 1.165) is 6.07 Å². The maximum Gasteiger partial charge on any atom is 0.319 e. The van der Waals surface area contributed by atoms with Gasteiger partial charge in [-0.2, -0.15) is 0 Å². The first-order chi connectivity index (χ1) is 20.1. The lowest BCUT2D eigenvalue weighted by Crippen LogP contribution is -2.80. The molecule has 0 atom stereocenters. The van der Waals surface area contributed by atoms with Crippen LogP contribution in [0.5, 0.6) is 11.5 Å². The molecule has 196 valence electrons. The first-order valence-corrected chi connectivity index (χ1v) is 13.0. The van der Waals surface area contributed by atoms with Gasteiger partial charge in [-0.15, -0.1) is 0 Å². The largest absolute Gasteiger partial charge is 0.504 e. The zero-order chi connectivity index (χ0) is 34.8. The Labute approximate surface area is 292 Å². The Hall–Kier alpha value is -1.68. The van der Waals surface area contributed by atoms with Crippen LogP contribution in [-0.4, -0.2) is 163 Å². The smallest absolute Gasteiger partial charge is 0.319 e. The van der Waals surface area contributed by atoms with Gasteiger partial charge in [0.15, 0.2) is 5.75 Å². The number of anilines is 2. The summed E-state index contributed by atoms with van der Waals surface area (Å²) in [6.07, 6.45) is -7.15. The van der Waals surface area contributed by atoms with Crippen LogP contribution in [0.2, 0.25) is 10.0 Å². The zero-order valence-electron chi connectivity index (χ0n) is 23.2. The molecule has 0 saturated heterocycles. The lowest BCUT2D eigenvalue weighted by atomic mass is 8.39. The summed E-state index contributed by atoms with van der Waals surface area (Å²) in [6, 6.07) is 4.36. The number of phenolic OH excluding ortho intramolecular Hbond substituents is 2. The molecule has 0 spiro atoms. The van der Waals surface area contributed by atoms with Crippen LogP contribution in [0.4, 0.5) is 22.7 Å². The molecule has 0 unspecified atom stereocenters. The maximum absolute atomic E-state index is 10.3. The minimum absolute atomic E-state index is 0. The molecule has 6 N–H and O–H groups in total. The Morgan fingerprint density at radius 1 is 0.622 bits per heavy atom. The molecule has 2 aromatic carbocycles. The van der Waals surface area contributed by atoms with Gasteiger partial charge in [0.25, 0.3) is 5.69 Å². The highest BCUT2D eigenvalue weighted by atomic mass is 35.5. The fourth-order valence-corrected chi connectivity index (χ4v) is 4.47. The normalized spacial score (nSPS) is 9.29. The Kier molecular flexibility index (Phi) is 20.7. The number of rotatable bonds is 10. The highest BCUT2D eigenvalue weighted by Gasteiger charge is 2.44. The molecule has 0 bridgehead atoms. The zero-order valence-corrected chi connectivity index (χ0v) is 24.7. The average molecular weight is 609 g/mol. The van der Waals surface area contributed by atoms with Crippen LogP contribution in [0.1, 0.15) is 7.43 Å². The minimum atomic E-state index is -0.950. The number of aromatic hydroxyl groups is 2. The second-order valence-electron chi connectivity index (χ2n) is 9.45. The first kappa shape index (κ1) is 45.4. The van der Waals surface area contributed by atoms with Gasteiger partial charge in [0, 0.05) is 154 Å². The summed E-state index contributed by atoms with van der Waals surface area (Å²) in [5, 5.41) is 38.4. The van der Waals surface area contributed by atoms with E-state index < -0.39 is 89.5 Å². The van der Waals surface area contributed by atoms with E-state index in [9.17, 15) is 20.2 Å². The number of phenols is 2. The fourth-order valence-electron chi connectivity index (χ4n) is 4.02. The Balaban J connectivity index is 0. The van der Waals surface area contributed by atoms with Gasteiger partial charge < -0.3 is 21.7 Å². The van der Waals surface area contributed by atoms with Gasteiger partial charge in [0.1, 0.15) is 0 Å². The van der Waals surface area contributed by atoms with E-state index in [1.165, 1.54) is 12.1 Å². The van der Waals surface area contributed by atoms with E-state index in [2.05, 4.69) is 0 Å². The van der Waals surface area contributed by atoms with Gasteiger partial charge in [-0.1, -0.05) is 30.6 Å². The van der Waals surface area contributed by atoms with Crippen molar-refractivity contribution in [1.82, 2.24) is 0 Å². The van der Waals surface area contributed by atoms with Crippen molar-refractivity contribution in [1.29, 1.82) is 0 Å². The molecular weight excluding hydrogens is 595 g/mol. The van der Waals surface area contributed by atoms with E-state index in [1.807, 2.05) is 0 Å². The molecule has 32 heteroatoms. The number of nitrogens with two attached hydrogens (primary N) is 2. The molecule has 2 rings (SSSR count). The van der Waals surface area contributed by atoms with Crippen LogP contribution in [0, 0.1) is 20.2 Å². The maximum atomic E-state index is 10.3. The quantitative estimate of drug-likeness (QED) is 0.0527. The van der Waals surface area contributed by atoms with Crippen molar-refractivity contribution in [3.05, 3.63) is 54.5 Å². The number of hydrogen-bond donors (Lipinski definition) is 4. The first-order valence-electron chi connectivity index (χ1n) is 12.2. The van der Waals surface area contributed by atoms with Crippen molar-refractivity contribution in [3.8, 4) is 11.5 Å². The van der Waals surface area contributed by atoms with E-state index in [0.29, 0.717) is 11.8 Å². The van der Waals surface area contributed by atoms with Gasteiger partial charge in [-0.3, -0.25) is 20.2 Å². The number of hydrogen-bond acceptors (Lipinski definition) is 8. The molecule has 0 amide bonds. The molecule has 0 aliphatic rings. The monoisotopic (exact) mass is 612 g/mol. The van der Waals surface area contributed by atoms with Crippen molar-refractivity contribution in [2.45, 2.75) is 7.43 Å².